The maximum absolute atomic E-state index is 13.1. The molecule has 3 aromatic rings. The largest absolute Gasteiger partial charge is 0.457 e. The number of hydrogen-bond acceptors (Lipinski definition) is 4. The van der Waals surface area contributed by atoms with E-state index >= 15 is 0 Å². The van der Waals surface area contributed by atoms with Crippen LogP contribution >= 0.6 is 23.2 Å². The molecule has 0 spiro atoms. The van der Waals surface area contributed by atoms with E-state index in [2.05, 4.69) is 0 Å². The lowest BCUT2D eigenvalue weighted by Gasteiger charge is -2.13. The first-order valence-corrected chi connectivity index (χ1v) is 11.7. The van der Waals surface area contributed by atoms with E-state index < -0.39 is 18.0 Å². The van der Waals surface area contributed by atoms with Crippen LogP contribution in [0.25, 0.3) is 5.03 Å². The molecule has 35 heavy (non-hydrogen) atoms. The normalized spacial score (nSPS) is 19.4. The topological polar surface area (TPSA) is 59.3 Å². The molecule has 0 bridgehead atoms. The average molecular weight is 510 g/mol. The lowest BCUT2D eigenvalue weighted by atomic mass is 10.1. The summed E-state index contributed by atoms with van der Waals surface area (Å²) in [5.74, 6) is -0.515. The zero-order chi connectivity index (χ0) is 25.2. The Hall–Kier alpha value is -3.33. The van der Waals surface area contributed by atoms with Crippen molar-refractivity contribution in [1.82, 2.24) is 0 Å². The Morgan fingerprint density at radius 3 is 2.43 bits per heavy atom. The molecule has 0 amide bonds. The van der Waals surface area contributed by atoms with Crippen molar-refractivity contribution in [3.05, 3.63) is 101 Å². The standard InChI is InChI=1S/C28H22Cl2FNO3/c1-28(2)23(15-24(30)17-6-8-19(29)9-7-17)26(28)27(33)35-25(16-32)18-4-3-5-22(14-18)34-21-12-10-20(31)11-13-21/h3-15,23,25-26H,1-2H3. The minimum Gasteiger partial charge on any atom is -0.457 e. The van der Waals surface area contributed by atoms with Crippen LogP contribution in [0.1, 0.15) is 31.1 Å². The van der Waals surface area contributed by atoms with Crippen molar-refractivity contribution >= 4 is 34.2 Å². The molecular weight excluding hydrogens is 488 g/mol. The third-order valence-corrected chi connectivity index (χ3v) is 6.77. The monoisotopic (exact) mass is 509 g/mol. The van der Waals surface area contributed by atoms with E-state index in [1.807, 2.05) is 38.1 Å². The van der Waals surface area contributed by atoms with E-state index in [4.69, 9.17) is 32.7 Å². The quantitative estimate of drug-likeness (QED) is 0.303. The van der Waals surface area contributed by atoms with Crippen LogP contribution in [0, 0.1) is 34.4 Å². The highest BCUT2D eigenvalue weighted by Gasteiger charge is 2.62. The first-order chi connectivity index (χ1) is 16.7. The van der Waals surface area contributed by atoms with Gasteiger partial charge in [-0.25, -0.2) is 4.39 Å². The zero-order valence-corrected chi connectivity index (χ0v) is 20.6. The van der Waals surface area contributed by atoms with E-state index in [1.165, 1.54) is 24.3 Å². The second-order valence-corrected chi connectivity index (χ2v) is 9.76. The molecule has 0 aliphatic heterocycles. The fourth-order valence-corrected chi connectivity index (χ4v) is 4.43. The van der Waals surface area contributed by atoms with E-state index in [-0.39, 0.29) is 17.2 Å². The molecule has 0 radical (unpaired) electrons. The van der Waals surface area contributed by atoms with Crippen LogP contribution in [-0.4, -0.2) is 5.97 Å². The lowest BCUT2D eigenvalue weighted by Crippen LogP contribution is -2.14. The van der Waals surface area contributed by atoms with Gasteiger partial charge < -0.3 is 9.47 Å². The number of hydrogen-bond donors (Lipinski definition) is 0. The summed E-state index contributed by atoms with van der Waals surface area (Å²) < 4.78 is 24.5. The van der Waals surface area contributed by atoms with Crippen LogP contribution in [-0.2, 0) is 9.53 Å². The molecule has 178 valence electrons. The first-order valence-electron chi connectivity index (χ1n) is 11.0. The number of allylic oxidation sites excluding steroid dienone is 1. The van der Waals surface area contributed by atoms with Gasteiger partial charge in [0.05, 0.1) is 5.92 Å². The summed E-state index contributed by atoms with van der Waals surface area (Å²) in [4.78, 5) is 13.0. The SMILES string of the molecule is CC1(C)C(C=C(Cl)c2ccc(Cl)cc2)C1C(=O)OC(C#N)c1cccc(Oc2ccc(F)cc2)c1. The highest BCUT2D eigenvalue weighted by molar-refractivity contribution is 6.48. The minimum absolute atomic E-state index is 0.134. The van der Waals surface area contributed by atoms with Crippen LogP contribution in [0.5, 0.6) is 11.5 Å². The fraction of sp³-hybridized carbons (Fsp3) is 0.214. The lowest BCUT2D eigenvalue weighted by molar-refractivity contribution is -0.149. The van der Waals surface area contributed by atoms with Gasteiger partial charge in [-0.15, -0.1) is 0 Å². The maximum atomic E-state index is 13.1. The van der Waals surface area contributed by atoms with Crippen LogP contribution < -0.4 is 4.74 Å². The van der Waals surface area contributed by atoms with E-state index in [0.717, 1.165) is 5.56 Å². The maximum Gasteiger partial charge on any atom is 0.311 e. The first kappa shape index (κ1) is 24.8. The zero-order valence-electron chi connectivity index (χ0n) is 19.0. The van der Waals surface area contributed by atoms with E-state index in [9.17, 15) is 14.4 Å². The molecule has 1 fully saturated rings. The van der Waals surface area contributed by atoms with Gasteiger partial charge in [0.25, 0.3) is 0 Å². The number of rotatable bonds is 7. The Morgan fingerprint density at radius 1 is 1.09 bits per heavy atom. The highest BCUT2D eigenvalue weighted by atomic mass is 35.5. The van der Waals surface area contributed by atoms with Crippen molar-refractivity contribution in [1.29, 1.82) is 5.26 Å². The van der Waals surface area contributed by atoms with Crippen LogP contribution in [0.2, 0.25) is 5.02 Å². The van der Waals surface area contributed by atoms with Gasteiger partial charge >= 0.3 is 5.97 Å². The number of carbonyl (C=O) groups excluding carboxylic acids is 1. The van der Waals surface area contributed by atoms with Crippen molar-refractivity contribution in [2.24, 2.45) is 17.3 Å². The van der Waals surface area contributed by atoms with Crippen molar-refractivity contribution < 1.29 is 18.7 Å². The third-order valence-electron chi connectivity index (χ3n) is 6.17. The molecule has 3 atom stereocenters. The number of esters is 1. The third kappa shape index (κ3) is 5.67. The Kier molecular flexibility index (Phi) is 7.16. The van der Waals surface area contributed by atoms with Gasteiger partial charge in [-0.2, -0.15) is 5.26 Å². The van der Waals surface area contributed by atoms with E-state index in [0.29, 0.717) is 27.1 Å². The van der Waals surface area contributed by atoms with Gasteiger partial charge in [0.1, 0.15) is 23.4 Å². The number of carbonyl (C=O) groups is 1. The Morgan fingerprint density at radius 2 is 1.77 bits per heavy atom. The number of nitriles is 1. The highest BCUT2D eigenvalue weighted by Crippen LogP contribution is 2.60. The molecule has 4 rings (SSSR count). The number of nitrogens with zero attached hydrogens (tertiary/aromatic N) is 1. The molecule has 0 N–H and O–H groups in total. The molecule has 7 heteroatoms. The summed E-state index contributed by atoms with van der Waals surface area (Å²) in [6.45, 7) is 3.93. The number of benzene rings is 3. The molecule has 1 saturated carbocycles. The molecule has 3 aromatic carbocycles. The predicted octanol–water partition coefficient (Wildman–Crippen LogP) is 7.93. The summed E-state index contributed by atoms with van der Waals surface area (Å²) in [5.41, 5.74) is 0.918. The molecule has 1 aliphatic carbocycles. The van der Waals surface area contributed by atoms with Crippen LogP contribution in [0.15, 0.2) is 78.9 Å². The molecule has 3 unspecified atom stereocenters. The molecule has 4 nitrogen and oxygen atoms in total. The second kappa shape index (κ2) is 10.1. The van der Waals surface area contributed by atoms with Crippen LogP contribution in [0.3, 0.4) is 0 Å². The van der Waals surface area contributed by atoms with Gasteiger partial charge in [0.2, 0.25) is 6.10 Å². The Balaban J connectivity index is 1.45. The summed E-state index contributed by atoms with van der Waals surface area (Å²) in [6.07, 6.45) is 0.752. The second-order valence-electron chi connectivity index (χ2n) is 8.92. The summed E-state index contributed by atoms with van der Waals surface area (Å²) in [6, 6.07) is 21.5. The molecular formula is C28H22Cl2FNO3. The summed E-state index contributed by atoms with van der Waals surface area (Å²) in [5, 5.41) is 10.8. The number of ether oxygens (including phenoxy) is 2. The van der Waals surface area contributed by atoms with Gasteiger partial charge in [0.15, 0.2) is 0 Å². The van der Waals surface area contributed by atoms with Crippen molar-refractivity contribution in [3.63, 3.8) is 0 Å². The fourth-order valence-electron chi connectivity index (χ4n) is 4.04. The molecule has 0 saturated heterocycles. The molecule has 1 aliphatic rings. The molecule has 0 aromatic heterocycles. The summed E-state index contributed by atoms with van der Waals surface area (Å²) in [7, 11) is 0. The summed E-state index contributed by atoms with van der Waals surface area (Å²) >= 11 is 12.4. The Labute approximate surface area is 213 Å². The minimum atomic E-state index is -1.10. The van der Waals surface area contributed by atoms with Gasteiger partial charge in [-0.1, -0.05) is 67.4 Å². The average Bonchev–Trinajstić information content (AvgIpc) is 3.38. The van der Waals surface area contributed by atoms with Crippen LogP contribution in [0.4, 0.5) is 4.39 Å². The smallest absolute Gasteiger partial charge is 0.311 e. The van der Waals surface area contributed by atoms with Gasteiger partial charge in [-0.05, 0) is 65.4 Å². The van der Waals surface area contributed by atoms with Gasteiger partial charge in [-0.3, -0.25) is 4.79 Å². The predicted molar refractivity (Wildman–Crippen MR) is 133 cm³/mol. The molecule has 0 heterocycles. The van der Waals surface area contributed by atoms with Crippen molar-refractivity contribution in [2.75, 3.05) is 0 Å². The van der Waals surface area contributed by atoms with Crippen molar-refractivity contribution in [2.45, 2.75) is 20.0 Å². The van der Waals surface area contributed by atoms with Crippen molar-refractivity contribution in [3.8, 4) is 17.6 Å². The number of halogens is 3. The van der Waals surface area contributed by atoms with Gasteiger partial charge in [0, 0.05) is 15.6 Å². The van der Waals surface area contributed by atoms with E-state index in [1.54, 1.807) is 36.4 Å². The Bertz CT molecular complexity index is 1300.